The van der Waals surface area contributed by atoms with Gasteiger partial charge in [0, 0.05) is 25.2 Å². The van der Waals surface area contributed by atoms with Gasteiger partial charge in [-0.2, -0.15) is 0 Å². The molecule has 0 atom stereocenters. The molecule has 1 heterocycles. The van der Waals surface area contributed by atoms with Crippen molar-refractivity contribution in [3.05, 3.63) is 64.1 Å². The average Bonchev–Trinajstić information content (AvgIpc) is 3.19. The van der Waals surface area contributed by atoms with E-state index in [1.165, 1.54) is 12.1 Å². The number of benzene rings is 2. The van der Waals surface area contributed by atoms with Gasteiger partial charge >= 0.3 is 0 Å². The van der Waals surface area contributed by atoms with Crippen LogP contribution in [0.4, 0.5) is 10.2 Å². The predicted octanol–water partition coefficient (Wildman–Crippen LogP) is -0.444. The molecule has 172 valence electrons. The highest BCUT2D eigenvalue weighted by Gasteiger charge is 2.15. The minimum atomic E-state index is -0.454. The zero-order chi connectivity index (χ0) is 22.2. The van der Waals surface area contributed by atoms with Crippen LogP contribution in [0.3, 0.4) is 0 Å². The van der Waals surface area contributed by atoms with Gasteiger partial charge in [0.1, 0.15) is 12.4 Å². The molecule has 3 aromatic rings. The van der Waals surface area contributed by atoms with Gasteiger partial charge in [-0.1, -0.05) is 23.7 Å². The fraction of sp³-hybridized carbons (Fsp3) is 0.250. The van der Waals surface area contributed by atoms with Crippen molar-refractivity contribution in [2.75, 3.05) is 25.9 Å². The van der Waals surface area contributed by atoms with Gasteiger partial charge in [-0.15, -0.1) is 0 Å². The van der Waals surface area contributed by atoms with Gasteiger partial charge in [0.05, 0.1) is 12.1 Å². The van der Waals surface area contributed by atoms with Crippen molar-refractivity contribution >= 4 is 23.3 Å². The average molecular weight is 485 g/mol. The molecule has 0 aliphatic rings. The molecule has 0 aliphatic carbocycles. The van der Waals surface area contributed by atoms with Crippen LogP contribution in [0.2, 0.25) is 5.02 Å². The van der Waals surface area contributed by atoms with Crippen LogP contribution >= 0.6 is 11.6 Å². The number of ether oxygens (including phenoxy) is 2. The van der Waals surface area contributed by atoms with E-state index in [-0.39, 0.29) is 30.5 Å². The largest absolute Gasteiger partial charge is 1.00 e. The van der Waals surface area contributed by atoms with Crippen LogP contribution in [-0.4, -0.2) is 36.4 Å². The standard InChI is InChI=1S/C20H21ClFN5O4.ClH/c1-29-17-8-12(10-24-6-7-25-20(28)18-19(23)27-31-26-18)2-5-16(17)30-11-13-3-4-14(22)9-15(13)21;/h2-5,8-9,24H,6-7,10-11H2,1H3,(H2,23,27)(H,25,28);1H/p-1. The third-order valence-corrected chi connectivity index (χ3v) is 4.62. The summed E-state index contributed by atoms with van der Waals surface area (Å²) in [7, 11) is 1.55. The summed E-state index contributed by atoms with van der Waals surface area (Å²) in [5.41, 5.74) is 7.05. The molecule has 0 fully saturated rings. The molecule has 2 aromatic carbocycles. The topological polar surface area (TPSA) is 125 Å². The number of nitrogens with one attached hydrogen (secondary N) is 2. The SMILES string of the molecule is COc1cc(CNCCNC(=O)c2nonc2N)ccc1OCc1ccc(F)cc1Cl.[Cl-]. The van der Waals surface area contributed by atoms with Crippen LogP contribution in [0.1, 0.15) is 21.6 Å². The number of nitrogens with zero attached hydrogens (tertiary/aromatic N) is 2. The molecule has 1 amide bonds. The number of anilines is 1. The van der Waals surface area contributed by atoms with Crippen LogP contribution in [0.5, 0.6) is 11.5 Å². The molecular formula is C20H21Cl2FN5O4-. The Balaban J connectivity index is 0.00000363. The predicted molar refractivity (Wildman–Crippen MR) is 111 cm³/mol. The number of hydrogen-bond donors (Lipinski definition) is 3. The first-order valence-corrected chi connectivity index (χ1v) is 9.66. The minimum Gasteiger partial charge on any atom is -1.00 e. The lowest BCUT2D eigenvalue weighted by Gasteiger charge is -2.13. The van der Waals surface area contributed by atoms with Gasteiger partial charge in [0.2, 0.25) is 11.5 Å². The molecule has 0 saturated heterocycles. The number of aromatic nitrogens is 2. The Bertz CT molecular complexity index is 1050. The molecule has 3 rings (SSSR count). The van der Waals surface area contributed by atoms with Crippen LogP contribution in [0.25, 0.3) is 0 Å². The molecule has 0 spiro atoms. The number of amides is 1. The Morgan fingerprint density at radius 1 is 1.19 bits per heavy atom. The van der Waals surface area contributed by atoms with Gasteiger partial charge < -0.3 is 38.2 Å². The van der Waals surface area contributed by atoms with E-state index in [2.05, 4.69) is 25.6 Å². The van der Waals surface area contributed by atoms with Crippen molar-refractivity contribution in [3.63, 3.8) is 0 Å². The second-order valence-corrected chi connectivity index (χ2v) is 6.85. The van der Waals surface area contributed by atoms with Crippen LogP contribution < -0.4 is 38.2 Å². The molecule has 0 bridgehead atoms. The van der Waals surface area contributed by atoms with E-state index in [1.807, 2.05) is 12.1 Å². The normalized spacial score (nSPS) is 10.3. The molecule has 0 aliphatic heterocycles. The Morgan fingerprint density at radius 3 is 2.69 bits per heavy atom. The van der Waals surface area contributed by atoms with Gasteiger partial charge in [0.25, 0.3) is 5.91 Å². The first-order valence-electron chi connectivity index (χ1n) is 9.28. The first kappa shape index (κ1) is 25.2. The highest BCUT2D eigenvalue weighted by atomic mass is 35.5. The number of carbonyl (C=O) groups excluding carboxylic acids is 1. The van der Waals surface area contributed by atoms with Gasteiger partial charge in [0.15, 0.2) is 11.5 Å². The summed E-state index contributed by atoms with van der Waals surface area (Å²) in [5, 5.41) is 13.0. The molecule has 4 N–H and O–H groups in total. The molecule has 1 aromatic heterocycles. The van der Waals surface area contributed by atoms with E-state index >= 15 is 0 Å². The summed E-state index contributed by atoms with van der Waals surface area (Å²) >= 11 is 6.03. The summed E-state index contributed by atoms with van der Waals surface area (Å²) < 4.78 is 28.7. The van der Waals surface area contributed by atoms with Crippen molar-refractivity contribution in [3.8, 4) is 11.5 Å². The summed E-state index contributed by atoms with van der Waals surface area (Å²) in [5.74, 6) is 0.186. The number of methoxy groups -OCH3 is 1. The molecule has 0 unspecified atom stereocenters. The maximum atomic E-state index is 13.2. The number of halogens is 3. The molecule has 9 nitrogen and oxygen atoms in total. The maximum Gasteiger partial charge on any atom is 0.277 e. The molecule has 0 saturated carbocycles. The second kappa shape index (κ2) is 12.1. The zero-order valence-electron chi connectivity index (χ0n) is 17.0. The summed E-state index contributed by atoms with van der Waals surface area (Å²) in [6.07, 6.45) is 0. The van der Waals surface area contributed by atoms with Crippen LogP contribution in [0, 0.1) is 5.82 Å². The van der Waals surface area contributed by atoms with E-state index in [9.17, 15) is 9.18 Å². The Hall–Kier alpha value is -3.08. The number of nitrogen functional groups attached to an aromatic ring is 1. The van der Waals surface area contributed by atoms with Gasteiger partial charge in [-0.3, -0.25) is 4.79 Å². The van der Waals surface area contributed by atoms with Crippen molar-refractivity contribution in [2.45, 2.75) is 13.2 Å². The molecule has 0 radical (unpaired) electrons. The third kappa shape index (κ3) is 6.71. The zero-order valence-corrected chi connectivity index (χ0v) is 18.5. The number of rotatable bonds is 10. The third-order valence-electron chi connectivity index (χ3n) is 4.27. The van der Waals surface area contributed by atoms with Crippen molar-refractivity contribution in [1.82, 2.24) is 20.9 Å². The van der Waals surface area contributed by atoms with Gasteiger partial charge in [-0.25, -0.2) is 9.02 Å². The maximum absolute atomic E-state index is 13.2. The minimum absolute atomic E-state index is 0. The van der Waals surface area contributed by atoms with Crippen LogP contribution in [0.15, 0.2) is 41.0 Å². The molecule has 12 heteroatoms. The highest BCUT2D eigenvalue weighted by Crippen LogP contribution is 2.29. The smallest absolute Gasteiger partial charge is 0.277 e. The Kier molecular flexibility index (Phi) is 9.51. The Morgan fingerprint density at radius 2 is 2.00 bits per heavy atom. The molecular weight excluding hydrogens is 464 g/mol. The highest BCUT2D eigenvalue weighted by molar-refractivity contribution is 6.31. The van der Waals surface area contributed by atoms with Crippen LogP contribution in [-0.2, 0) is 13.2 Å². The monoisotopic (exact) mass is 484 g/mol. The van der Waals surface area contributed by atoms with E-state index in [0.29, 0.717) is 41.7 Å². The molecule has 32 heavy (non-hydrogen) atoms. The summed E-state index contributed by atoms with van der Waals surface area (Å²) in [4.78, 5) is 11.8. The number of carbonyl (C=O) groups is 1. The van der Waals surface area contributed by atoms with E-state index in [1.54, 1.807) is 19.2 Å². The Labute approximate surface area is 194 Å². The summed E-state index contributed by atoms with van der Waals surface area (Å²) in [6.45, 7) is 1.60. The van der Waals surface area contributed by atoms with Gasteiger partial charge in [-0.05, 0) is 40.1 Å². The lowest BCUT2D eigenvalue weighted by molar-refractivity contribution is -0.0000163. The van der Waals surface area contributed by atoms with E-state index in [4.69, 9.17) is 26.8 Å². The number of hydrogen-bond acceptors (Lipinski definition) is 8. The van der Waals surface area contributed by atoms with Crippen molar-refractivity contribution in [1.29, 1.82) is 0 Å². The first-order chi connectivity index (χ1) is 15.0. The van der Waals surface area contributed by atoms with E-state index in [0.717, 1.165) is 5.56 Å². The quantitative estimate of drug-likeness (QED) is 0.330. The lowest BCUT2D eigenvalue weighted by Crippen LogP contribution is -3.00. The number of nitrogens with two attached hydrogens (primary N) is 1. The second-order valence-electron chi connectivity index (χ2n) is 6.44. The van der Waals surface area contributed by atoms with E-state index < -0.39 is 11.7 Å². The van der Waals surface area contributed by atoms with Crippen molar-refractivity contribution < 1.29 is 35.7 Å². The lowest BCUT2D eigenvalue weighted by atomic mass is 10.2. The fourth-order valence-corrected chi connectivity index (χ4v) is 2.89. The van der Waals surface area contributed by atoms with Crippen molar-refractivity contribution in [2.24, 2.45) is 0 Å². The fourth-order valence-electron chi connectivity index (χ4n) is 2.67. The summed E-state index contributed by atoms with van der Waals surface area (Å²) in [6, 6.07) is 9.67.